The van der Waals surface area contributed by atoms with Crippen LogP contribution in [0.1, 0.15) is 27.7 Å². The zero-order valence-electron chi connectivity index (χ0n) is 13.3. The van der Waals surface area contributed by atoms with Crippen molar-refractivity contribution in [3.05, 3.63) is 24.3 Å². The Kier molecular flexibility index (Phi) is 6.13. The molecule has 0 radical (unpaired) electrons. The molecule has 1 rings (SSSR count). The summed E-state index contributed by atoms with van der Waals surface area (Å²) in [5, 5.41) is 3.37. The van der Waals surface area contributed by atoms with Gasteiger partial charge in [0.2, 0.25) is 0 Å². The molecule has 0 amide bonds. The van der Waals surface area contributed by atoms with E-state index in [0.29, 0.717) is 10.6 Å². The van der Waals surface area contributed by atoms with E-state index < -0.39 is 20.6 Å². The van der Waals surface area contributed by atoms with Gasteiger partial charge in [0.1, 0.15) is 0 Å². The summed E-state index contributed by atoms with van der Waals surface area (Å²) in [7, 11) is -4.37. The average Bonchev–Trinajstić information content (AvgIpc) is 2.36. The molecule has 0 aliphatic carbocycles. The molecule has 2 atom stereocenters. The van der Waals surface area contributed by atoms with Crippen molar-refractivity contribution in [1.82, 2.24) is 5.32 Å². The standard InChI is InChI=1S/C15H25NO3S2/c1-6-16-14(15(2,3)4)11-20(17)12-7-9-13(10-8-12)21(5,18)19/h7-10,14,16H,6,11H2,1-5H3. The molecule has 0 aromatic heterocycles. The summed E-state index contributed by atoms with van der Waals surface area (Å²) in [6, 6.07) is 6.44. The minimum Gasteiger partial charge on any atom is -0.313 e. The molecule has 2 unspecified atom stereocenters. The Morgan fingerprint density at radius 1 is 1.19 bits per heavy atom. The lowest BCUT2D eigenvalue weighted by Crippen LogP contribution is -2.44. The summed E-state index contributed by atoms with van der Waals surface area (Å²) in [6.45, 7) is 9.20. The molecule has 0 heterocycles. The minimum absolute atomic E-state index is 0.0123. The molecule has 120 valence electrons. The third-order valence-electron chi connectivity index (χ3n) is 3.33. The first-order chi connectivity index (χ1) is 9.55. The summed E-state index contributed by atoms with van der Waals surface area (Å²) in [5.74, 6) is 0.509. The monoisotopic (exact) mass is 331 g/mol. The molecular weight excluding hydrogens is 306 g/mol. The van der Waals surface area contributed by atoms with E-state index in [9.17, 15) is 12.6 Å². The van der Waals surface area contributed by atoms with E-state index in [2.05, 4.69) is 26.1 Å². The van der Waals surface area contributed by atoms with Gasteiger partial charge in [0.15, 0.2) is 9.84 Å². The molecule has 0 bridgehead atoms. The zero-order valence-corrected chi connectivity index (χ0v) is 15.0. The second kappa shape index (κ2) is 7.03. The number of benzene rings is 1. The van der Waals surface area contributed by atoms with Gasteiger partial charge in [-0.05, 0) is 36.2 Å². The van der Waals surface area contributed by atoms with E-state index in [1.54, 1.807) is 12.1 Å². The fraction of sp³-hybridized carbons (Fsp3) is 0.600. The Morgan fingerprint density at radius 3 is 2.10 bits per heavy atom. The van der Waals surface area contributed by atoms with Crippen molar-refractivity contribution in [3.63, 3.8) is 0 Å². The Bertz CT molecular complexity index is 586. The number of nitrogens with one attached hydrogen (secondary N) is 1. The lowest BCUT2D eigenvalue weighted by Gasteiger charge is -2.31. The summed E-state index contributed by atoms with van der Waals surface area (Å²) in [6.07, 6.45) is 1.17. The Morgan fingerprint density at radius 2 is 1.71 bits per heavy atom. The van der Waals surface area contributed by atoms with Crippen molar-refractivity contribution in [1.29, 1.82) is 0 Å². The fourth-order valence-electron chi connectivity index (χ4n) is 1.95. The Labute approximate surface area is 130 Å². The fourth-order valence-corrected chi connectivity index (χ4v) is 4.13. The quantitative estimate of drug-likeness (QED) is 0.868. The van der Waals surface area contributed by atoms with Crippen LogP contribution in [-0.2, 0) is 20.6 Å². The van der Waals surface area contributed by atoms with E-state index in [-0.39, 0.29) is 16.4 Å². The van der Waals surface area contributed by atoms with E-state index in [0.717, 1.165) is 6.54 Å². The van der Waals surface area contributed by atoms with Crippen molar-refractivity contribution in [2.24, 2.45) is 5.41 Å². The van der Waals surface area contributed by atoms with Crippen LogP contribution < -0.4 is 5.32 Å². The third-order valence-corrected chi connectivity index (χ3v) is 5.89. The van der Waals surface area contributed by atoms with Gasteiger partial charge < -0.3 is 5.32 Å². The van der Waals surface area contributed by atoms with Crippen LogP contribution in [0.5, 0.6) is 0 Å². The van der Waals surface area contributed by atoms with Gasteiger partial charge >= 0.3 is 0 Å². The van der Waals surface area contributed by atoms with Gasteiger partial charge in [-0.15, -0.1) is 0 Å². The molecule has 6 heteroatoms. The molecule has 0 fully saturated rings. The van der Waals surface area contributed by atoms with Crippen LogP contribution in [0.25, 0.3) is 0 Å². The SMILES string of the molecule is CCNC(CS(=O)c1ccc(S(C)(=O)=O)cc1)C(C)(C)C. The van der Waals surface area contributed by atoms with Crippen LogP contribution in [0.3, 0.4) is 0 Å². The van der Waals surface area contributed by atoms with Crippen LogP contribution >= 0.6 is 0 Å². The predicted molar refractivity (Wildman–Crippen MR) is 87.7 cm³/mol. The van der Waals surface area contributed by atoms with Gasteiger partial charge in [-0.1, -0.05) is 27.7 Å². The highest BCUT2D eigenvalue weighted by molar-refractivity contribution is 7.90. The molecule has 0 aliphatic rings. The summed E-state index contributed by atoms with van der Waals surface area (Å²) < 4.78 is 35.3. The number of hydrogen-bond acceptors (Lipinski definition) is 4. The van der Waals surface area contributed by atoms with Gasteiger partial charge in [-0.3, -0.25) is 4.21 Å². The molecule has 0 spiro atoms. The van der Waals surface area contributed by atoms with Crippen LogP contribution in [0.15, 0.2) is 34.1 Å². The van der Waals surface area contributed by atoms with Crippen LogP contribution in [0.4, 0.5) is 0 Å². The van der Waals surface area contributed by atoms with E-state index in [1.165, 1.54) is 18.4 Å². The summed E-state index contributed by atoms with van der Waals surface area (Å²) in [5.41, 5.74) is 0.0123. The van der Waals surface area contributed by atoms with E-state index >= 15 is 0 Å². The first-order valence-corrected chi connectivity index (χ1v) is 10.2. The molecular formula is C15H25NO3S2. The largest absolute Gasteiger partial charge is 0.313 e. The maximum absolute atomic E-state index is 12.5. The predicted octanol–water partition coefficient (Wildman–Crippen LogP) is 2.22. The highest BCUT2D eigenvalue weighted by Crippen LogP contribution is 2.22. The van der Waals surface area contributed by atoms with Gasteiger partial charge in [0, 0.05) is 22.9 Å². The number of rotatable bonds is 6. The van der Waals surface area contributed by atoms with Gasteiger partial charge in [0.25, 0.3) is 0 Å². The number of sulfone groups is 1. The van der Waals surface area contributed by atoms with Gasteiger partial charge in [0.05, 0.1) is 15.7 Å². The highest BCUT2D eigenvalue weighted by atomic mass is 32.2. The molecule has 1 aromatic rings. The highest BCUT2D eigenvalue weighted by Gasteiger charge is 2.26. The normalized spacial score (nSPS) is 15.7. The van der Waals surface area contributed by atoms with Gasteiger partial charge in [-0.25, -0.2) is 8.42 Å². The van der Waals surface area contributed by atoms with Crippen molar-refractivity contribution < 1.29 is 12.6 Å². The minimum atomic E-state index is -3.21. The van der Waals surface area contributed by atoms with Crippen molar-refractivity contribution in [2.45, 2.75) is 43.5 Å². The first-order valence-electron chi connectivity index (χ1n) is 6.97. The van der Waals surface area contributed by atoms with Crippen molar-refractivity contribution in [2.75, 3.05) is 18.6 Å². The molecule has 4 nitrogen and oxygen atoms in total. The zero-order chi connectivity index (χ0) is 16.3. The summed E-state index contributed by atoms with van der Waals surface area (Å²) in [4.78, 5) is 0.914. The number of hydrogen-bond donors (Lipinski definition) is 1. The molecule has 0 saturated carbocycles. The summed E-state index contributed by atoms with van der Waals surface area (Å²) >= 11 is 0. The van der Waals surface area contributed by atoms with Crippen molar-refractivity contribution in [3.8, 4) is 0 Å². The molecule has 0 saturated heterocycles. The van der Waals surface area contributed by atoms with Crippen LogP contribution in [0, 0.1) is 5.41 Å². The maximum atomic E-state index is 12.5. The Hall–Kier alpha value is -0.720. The van der Waals surface area contributed by atoms with Gasteiger partial charge in [-0.2, -0.15) is 0 Å². The lowest BCUT2D eigenvalue weighted by molar-refractivity contribution is 0.294. The third kappa shape index (κ3) is 5.52. The molecule has 1 N–H and O–H groups in total. The average molecular weight is 332 g/mol. The maximum Gasteiger partial charge on any atom is 0.175 e. The Balaban J connectivity index is 2.88. The smallest absolute Gasteiger partial charge is 0.175 e. The second-order valence-corrected chi connectivity index (χ2v) is 9.74. The molecule has 0 aliphatic heterocycles. The van der Waals surface area contributed by atoms with Crippen LogP contribution in [0.2, 0.25) is 0 Å². The van der Waals surface area contributed by atoms with E-state index in [1.807, 2.05) is 6.92 Å². The van der Waals surface area contributed by atoms with Crippen molar-refractivity contribution >= 4 is 20.6 Å². The first kappa shape index (κ1) is 18.3. The topological polar surface area (TPSA) is 63.2 Å². The van der Waals surface area contributed by atoms with E-state index in [4.69, 9.17) is 0 Å². The lowest BCUT2D eigenvalue weighted by atomic mass is 9.88. The molecule has 21 heavy (non-hydrogen) atoms. The molecule has 1 aromatic carbocycles. The van der Waals surface area contributed by atoms with Crippen LogP contribution in [-0.4, -0.2) is 37.2 Å². The second-order valence-electron chi connectivity index (χ2n) is 6.23.